The predicted molar refractivity (Wildman–Crippen MR) is 73.1 cm³/mol. The standard InChI is InChI=1S/C13H19NO3S/c1-18-12-4-2-10(3-5-12)6-7-14-9-11(15)8-13(16)17/h2-5,11,14-15H,6-9H2,1H3,(H,16,17). The maximum Gasteiger partial charge on any atom is 0.306 e. The van der Waals surface area contributed by atoms with Crippen molar-refractivity contribution in [3.63, 3.8) is 0 Å². The molecule has 1 aromatic carbocycles. The molecule has 18 heavy (non-hydrogen) atoms. The number of rotatable bonds is 8. The van der Waals surface area contributed by atoms with Crippen LogP contribution >= 0.6 is 11.8 Å². The third-order valence-electron chi connectivity index (χ3n) is 2.54. The van der Waals surface area contributed by atoms with E-state index in [0.29, 0.717) is 6.54 Å². The number of benzene rings is 1. The molecule has 100 valence electrons. The quantitative estimate of drug-likeness (QED) is 0.491. The lowest BCUT2D eigenvalue weighted by atomic mass is 10.1. The number of hydrogen-bond donors (Lipinski definition) is 3. The molecule has 4 nitrogen and oxygen atoms in total. The number of hydrogen-bond acceptors (Lipinski definition) is 4. The molecule has 0 spiro atoms. The number of nitrogens with one attached hydrogen (secondary N) is 1. The van der Waals surface area contributed by atoms with Gasteiger partial charge in [-0.15, -0.1) is 11.8 Å². The van der Waals surface area contributed by atoms with Crippen LogP contribution in [0.4, 0.5) is 0 Å². The summed E-state index contributed by atoms with van der Waals surface area (Å²) >= 11 is 1.71. The molecule has 0 aliphatic carbocycles. The lowest BCUT2D eigenvalue weighted by Gasteiger charge is -2.09. The van der Waals surface area contributed by atoms with Crippen LogP contribution in [-0.4, -0.2) is 41.6 Å². The number of carboxylic acid groups (broad SMARTS) is 1. The van der Waals surface area contributed by atoms with Crippen molar-refractivity contribution in [2.24, 2.45) is 0 Å². The summed E-state index contributed by atoms with van der Waals surface area (Å²) in [5, 5.41) is 20.9. The summed E-state index contributed by atoms with van der Waals surface area (Å²) < 4.78 is 0. The van der Waals surface area contributed by atoms with Gasteiger partial charge in [-0.2, -0.15) is 0 Å². The van der Waals surface area contributed by atoms with Crippen LogP contribution in [0.25, 0.3) is 0 Å². The summed E-state index contributed by atoms with van der Waals surface area (Å²) in [5.41, 5.74) is 1.23. The minimum absolute atomic E-state index is 0.213. The molecule has 0 heterocycles. The highest BCUT2D eigenvalue weighted by Gasteiger charge is 2.08. The van der Waals surface area contributed by atoms with E-state index in [-0.39, 0.29) is 6.42 Å². The van der Waals surface area contributed by atoms with E-state index in [4.69, 9.17) is 5.11 Å². The number of aliphatic carboxylic acids is 1. The molecule has 0 aliphatic rings. The van der Waals surface area contributed by atoms with Crippen LogP contribution in [0.2, 0.25) is 0 Å². The van der Waals surface area contributed by atoms with Gasteiger partial charge < -0.3 is 15.5 Å². The second-order valence-electron chi connectivity index (χ2n) is 4.05. The molecule has 0 aliphatic heterocycles. The lowest BCUT2D eigenvalue weighted by Crippen LogP contribution is -2.30. The molecule has 0 radical (unpaired) electrons. The molecule has 0 saturated heterocycles. The third kappa shape index (κ3) is 6.05. The summed E-state index contributed by atoms with van der Waals surface area (Å²) in [7, 11) is 0. The van der Waals surface area contributed by atoms with Gasteiger partial charge in [0.15, 0.2) is 0 Å². The van der Waals surface area contributed by atoms with E-state index in [1.165, 1.54) is 10.5 Å². The summed E-state index contributed by atoms with van der Waals surface area (Å²) in [6.45, 7) is 1.05. The van der Waals surface area contributed by atoms with Crippen molar-refractivity contribution in [2.75, 3.05) is 19.3 Å². The number of carbonyl (C=O) groups is 1. The molecular formula is C13H19NO3S. The first kappa shape index (κ1) is 15.0. The first-order chi connectivity index (χ1) is 8.61. The zero-order chi connectivity index (χ0) is 13.4. The monoisotopic (exact) mass is 269 g/mol. The molecule has 0 amide bonds. The first-order valence-corrected chi connectivity index (χ1v) is 7.08. The Bertz CT molecular complexity index is 367. The topological polar surface area (TPSA) is 69.6 Å². The van der Waals surface area contributed by atoms with Crippen molar-refractivity contribution in [3.05, 3.63) is 29.8 Å². The molecule has 3 N–H and O–H groups in total. The molecule has 0 bridgehead atoms. The molecule has 1 unspecified atom stereocenters. The largest absolute Gasteiger partial charge is 0.481 e. The first-order valence-electron chi connectivity index (χ1n) is 5.85. The average Bonchev–Trinajstić information content (AvgIpc) is 2.34. The van der Waals surface area contributed by atoms with Gasteiger partial charge in [-0.05, 0) is 36.9 Å². The van der Waals surface area contributed by atoms with Crippen LogP contribution in [0.1, 0.15) is 12.0 Å². The van der Waals surface area contributed by atoms with E-state index in [0.717, 1.165) is 13.0 Å². The minimum atomic E-state index is -0.975. The number of aliphatic hydroxyl groups excluding tert-OH is 1. The molecule has 0 saturated carbocycles. The van der Waals surface area contributed by atoms with E-state index in [9.17, 15) is 9.90 Å². The van der Waals surface area contributed by atoms with E-state index in [1.54, 1.807) is 11.8 Å². The number of aliphatic hydroxyl groups is 1. The van der Waals surface area contributed by atoms with Gasteiger partial charge in [-0.25, -0.2) is 0 Å². The normalized spacial score (nSPS) is 12.3. The third-order valence-corrected chi connectivity index (χ3v) is 3.28. The Labute approximate surface area is 111 Å². The maximum atomic E-state index is 10.3. The fourth-order valence-electron chi connectivity index (χ4n) is 1.57. The highest BCUT2D eigenvalue weighted by Crippen LogP contribution is 2.14. The summed E-state index contributed by atoms with van der Waals surface area (Å²) in [4.78, 5) is 11.6. The fraction of sp³-hybridized carbons (Fsp3) is 0.462. The van der Waals surface area contributed by atoms with Crippen LogP contribution in [-0.2, 0) is 11.2 Å². The Morgan fingerprint density at radius 3 is 2.61 bits per heavy atom. The minimum Gasteiger partial charge on any atom is -0.481 e. The van der Waals surface area contributed by atoms with Crippen molar-refractivity contribution in [2.45, 2.75) is 23.8 Å². The molecule has 0 fully saturated rings. The summed E-state index contributed by atoms with van der Waals surface area (Å²) in [6.07, 6.45) is 1.88. The highest BCUT2D eigenvalue weighted by atomic mass is 32.2. The van der Waals surface area contributed by atoms with Gasteiger partial charge in [0.05, 0.1) is 12.5 Å². The zero-order valence-corrected chi connectivity index (χ0v) is 11.2. The van der Waals surface area contributed by atoms with E-state index in [1.807, 2.05) is 6.26 Å². The zero-order valence-electron chi connectivity index (χ0n) is 10.4. The van der Waals surface area contributed by atoms with E-state index >= 15 is 0 Å². The van der Waals surface area contributed by atoms with Gasteiger partial charge >= 0.3 is 5.97 Å². The van der Waals surface area contributed by atoms with Gasteiger partial charge in [0.2, 0.25) is 0 Å². The molecule has 5 heteroatoms. The Balaban J connectivity index is 2.19. The molecular weight excluding hydrogens is 250 g/mol. The summed E-state index contributed by atoms with van der Waals surface area (Å²) in [5.74, 6) is -0.975. The van der Waals surface area contributed by atoms with E-state index in [2.05, 4.69) is 29.6 Å². The Morgan fingerprint density at radius 2 is 2.06 bits per heavy atom. The Kier molecular flexibility index (Phi) is 6.78. The summed E-state index contributed by atoms with van der Waals surface area (Å²) in [6, 6.07) is 8.33. The van der Waals surface area contributed by atoms with Crippen molar-refractivity contribution < 1.29 is 15.0 Å². The molecule has 1 aromatic rings. The number of thioether (sulfide) groups is 1. The Morgan fingerprint density at radius 1 is 1.39 bits per heavy atom. The second-order valence-corrected chi connectivity index (χ2v) is 4.93. The predicted octanol–water partition coefficient (Wildman–Crippen LogP) is 1.38. The number of carboxylic acids is 1. The van der Waals surface area contributed by atoms with Crippen molar-refractivity contribution in [1.82, 2.24) is 5.32 Å². The highest BCUT2D eigenvalue weighted by molar-refractivity contribution is 7.98. The SMILES string of the molecule is CSc1ccc(CCNCC(O)CC(=O)O)cc1. The average molecular weight is 269 g/mol. The molecule has 1 rings (SSSR count). The van der Waals surface area contributed by atoms with Gasteiger partial charge in [0, 0.05) is 11.4 Å². The maximum absolute atomic E-state index is 10.3. The molecule has 0 aromatic heterocycles. The van der Waals surface area contributed by atoms with E-state index < -0.39 is 12.1 Å². The fourth-order valence-corrected chi connectivity index (χ4v) is 1.98. The van der Waals surface area contributed by atoms with Crippen molar-refractivity contribution >= 4 is 17.7 Å². The van der Waals surface area contributed by atoms with Gasteiger partial charge in [0.25, 0.3) is 0 Å². The van der Waals surface area contributed by atoms with Crippen LogP contribution in [0, 0.1) is 0 Å². The second kappa shape index (κ2) is 8.13. The van der Waals surface area contributed by atoms with Gasteiger partial charge in [0.1, 0.15) is 0 Å². The van der Waals surface area contributed by atoms with Gasteiger partial charge in [-0.1, -0.05) is 12.1 Å². The smallest absolute Gasteiger partial charge is 0.306 e. The Hall–Kier alpha value is -1.04. The molecule has 1 atom stereocenters. The van der Waals surface area contributed by atoms with Crippen LogP contribution in [0.3, 0.4) is 0 Å². The van der Waals surface area contributed by atoms with Crippen molar-refractivity contribution in [1.29, 1.82) is 0 Å². The van der Waals surface area contributed by atoms with Crippen LogP contribution in [0.15, 0.2) is 29.2 Å². The van der Waals surface area contributed by atoms with Crippen LogP contribution in [0.5, 0.6) is 0 Å². The van der Waals surface area contributed by atoms with Crippen LogP contribution < -0.4 is 5.32 Å². The van der Waals surface area contributed by atoms with Crippen molar-refractivity contribution in [3.8, 4) is 0 Å². The lowest BCUT2D eigenvalue weighted by molar-refractivity contribution is -0.139. The van der Waals surface area contributed by atoms with Gasteiger partial charge in [-0.3, -0.25) is 4.79 Å².